The number of hydrogen-bond acceptors (Lipinski definition) is 1. The zero-order valence-corrected chi connectivity index (χ0v) is 29.7. The Kier molecular flexibility index (Phi) is 16.0. The molecule has 0 aliphatic rings. The monoisotopic (exact) mass is 708 g/mol. The molecule has 0 amide bonds. The number of hydrogen-bond donors (Lipinski definition) is 0. The number of aliphatic imine (C=N–C) groups is 1. The van der Waals surface area contributed by atoms with Gasteiger partial charge in [-0.2, -0.15) is 26.3 Å². The molecule has 3 aromatic rings. The van der Waals surface area contributed by atoms with Crippen LogP contribution in [-0.2, 0) is 17.1 Å². The maximum absolute atomic E-state index is 14.4. The fourth-order valence-corrected chi connectivity index (χ4v) is 4.80. The van der Waals surface area contributed by atoms with E-state index in [1.807, 2.05) is 77.9 Å². The number of para-hydroxylation sites is 1. The van der Waals surface area contributed by atoms with Gasteiger partial charge in [0.2, 0.25) is 0 Å². The first-order valence-electron chi connectivity index (χ1n) is 15.7. The summed E-state index contributed by atoms with van der Waals surface area (Å²) in [5.41, 5.74) is -0.0684. The van der Waals surface area contributed by atoms with E-state index in [0.717, 1.165) is 5.56 Å². The van der Waals surface area contributed by atoms with Crippen LogP contribution in [0.2, 0.25) is 0 Å². The number of halogens is 6. The Morgan fingerprint density at radius 1 is 0.574 bits per heavy atom. The summed E-state index contributed by atoms with van der Waals surface area (Å²) in [6, 6.07) is 20.6. The van der Waals surface area contributed by atoms with Crippen LogP contribution in [0.3, 0.4) is 0 Å². The van der Waals surface area contributed by atoms with E-state index >= 15 is 0 Å². The number of alkyl halides is 6. The molecule has 3 aromatic carbocycles. The molecule has 0 aliphatic carbocycles. The predicted molar refractivity (Wildman–Crippen MR) is 180 cm³/mol. The Hall–Kier alpha value is -3.03. The Morgan fingerprint density at radius 3 is 1.26 bits per heavy atom. The third kappa shape index (κ3) is 12.2. The molecule has 0 N–H and O–H groups in total. The summed E-state index contributed by atoms with van der Waals surface area (Å²) in [4.78, 5) is 3.87. The Morgan fingerprint density at radius 2 is 0.957 bits per heavy atom. The van der Waals surface area contributed by atoms with Gasteiger partial charge in [-0.05, 0) is 52.4 Å². The molecule has 0 aliphatic heterocycles. The van der Waals surface area contributed by atoms with Crippen molar-refractivity contribution >= 4 is 17.1 Å². The van der Waals surface area contributed by atoms with Crippen LogP contribution in [0.15, 0.2) is 83.5 Å². The summed E-state index contributed by atoms with van der Waals surface area (Å²) < 4.78 is 86.2. The molecule has 0 bridgehead atoms. The van der Waals surface area contributed by atoms with Gasteiger partial charge >= 0.3 is 29.4 Å². The molecule has 0 aromatic heterocycles. The van der Waals surface area contributed by atoms with Gasteiger partial charge in [-0.3, -0.25) is 0 Å². The number of benzene rings is 3. The van der Waals surface area contributed by atoms with E-state index in [-0.39, 0.29) is 64.1 Å². The molecule has 9 heteroatoms. The van der Waals surface area contributed by atoms with E-state index in [1.165, 1.54) is 0 Å². The van der Waals surface area contributed by atoms with Crippen LogP contribution < -0.4 is 0 Å². The Balaban J connectivity index is 0.00000141. The van der Waals surface area contributed by atoms with Gasteiger partial charge in [0.15, 0.2) is 0 Å². The second-order valence-corrected chi connectivity index (χ2v) is 12.9. The van der Waals surface area contributed by atoms with Gasteiger partial charge in [0, 0.05) is 0 Å². The van der Waals surface area contributed by atoms with Crippen LogP contribution in [-0.4, -0.2) is 18.1 Å². The van der Waals surface area contributed by atoms with Crippen LogP contribution in [0.1, 0.15) is 127 Å². The van der Waals surface area contributed by atoms with Crippen LogP contribution in [0.4, 0.5) is 37.7 Å². The summed E-state index contributed by atoms with van der Waals surface area (Å²) in [6.45, 7) is 18.5. The van der Waals surface area contributed by atoms with E-state index in [0.29, 0.717) is 22.3 Å². The summed E-state index contributed by atoms with van der Waals surface area (Å²) in [6.07, 6.45) is -10.2. The summed E-state index contributed by atoms with van der Waals surface area (Å²) in [5, 5.41) is 3.94. The first kappa shape index (κ1) is 42.0. The fourth-order valence-electron chi connectivity index (χ4n) is 4.80. The predicted octanol–water partition coefficient (Wildman–Crippen LogP) is 13.8. The SMILES string of the molecule is CC(C)c1cc(C(C)C)c([N-]/C(=C\C(=Nc2c(C(C)C)cccc2C(C)C)C(F)(F)F)C(F)(F)F)c(C(C)C)c1.[Cu+].c1ccccc1. The average Bonchev–Trinajstić information content (AvgIpc) is 2.95. The summed E-state index contributed by atoms with van der Waals surface area (Å²) >= 11 is 0. The molecular formula is C38H47CuF6N2. The molecule has 0 unspecified atom stereocenters. The molecule has 0 atom stereocenters. The molecule has 0 saturated carbocycles. The molecule has 0 fully saturated rings. The first-order chi connectivity index (χ1) is 21.2. The van der Waals surface area contributed by atoms with Crippen molar-refractivity contribution < 1.29 is 43.4 Å². The molecule has 0 heterocycles. The number of allylic oxidation sites excluding steroid dienone is 2. The van der Waals surface area contributed by atoms with Gasteiger partial charge < -0.3 is 5.32 Å². The van der Waals surface area contributed by atoms with Crippen molar-refractivity contribution in [2.24, 2.45) is 4.99 Å². The third-order valence-electron chi connectivity index (χ3n) is 7.43. The van der Waals surface area contributed by atoms with Crippen molar-refractivity contribution in [3.8, 4) is 0 Å². The second kappa shape index (κ2) is 17.9. The van der Waals surface area contributed by atoms with Gasteiger partial charge in [-0.1, -0.05) is 153 Å². The first-order valence-corrected chi connectivity index (χ1v) is 15.7. The van der Waals surface area contributed by atoms with Crippen LogP contribution in [0.5, 0.6) is 0 Å². The van der Waals surface area contributed by atoms with E-state index in [1.54, 1.807) is 58.0 Å². The normalized spacial score (nSPS) is 12.9. The van der Waals surface area contributed by atoms with Crippen LogP contribution in [0, 0.1) is 0 Å². The van der Waals surface area contributed by atoms with E-state index in [4.69, 9.17) is 0 Å². The van der Waals surface area contributed by atoms with E-state index in [2.05, 4.69) is 10.3 Å². The quantitative estimate of drug-likeness (QED) is 0.120. The average molecular weight is 709 g/mol. The number of rotatable bonds is 9. The van der Waals surface area contributed by atoms with Gasteiger partial charge in [0.1, 0.15) is 5.71 Å². The van der Waals surface area contributed by atoms with Crippen molar-refractivity contribution in [3.05, 3.63) is 112 Å². The largest absolute Gasteiger partial charge is 1.00 e. The fraction of sp³-hybridized carbons (Fsp3) is 0.447. The van der Waals surface area contributed by atoms with E-state index < -0.39 is 23.8 Å². The molecule has 47 heavy (non-hydrogen) atoms. The molecule has 262 valence electrons. The van der Waals surface area contributed by atoms with E-state index in [9.17, 15) is 26.3 Å². The Bertz CT molecular complexity index is 1390. The molecule has 3 rings (SSSR count). The molecular weight excluding hydrogens is 662 g/mol. The van der Waals surface area contributed by atoms with Crippen molar-refractivity contribution in [1.29, 1.82) is 0 Å². The van der Waals surface area contributed by atoms with Crippen molar-refractivity contribution in [2.75, 3.05) is 0 Å². The molecule has 0 spiro atoms. The van der Waals surface area contributed by atoms with Crippen molar-refractivity contribution in [3.63, 3.8) is 0 Å². The molecule has 2 nitrogen and oxygen atoms in total. The zero-order chi connectivity index (χ0) is 35.0. The van der Waals surface area contributed by atoms with Crippen LogP contribution in [0.25, 0.3) is 5.32 Å². The smallest absolute Gasteiger partial charge is 0.654 e. The minimum absolute atomic E-state index is 0. The second-order valence-electron chi connectivity index (χ2n) is 12.9. The Labute approximate surface area is 287 Å². The van der Waals surface area contributed by atoms with Gasteiger partial charge in [0.25, 0.3) is 0 Å². The van der Waals surface area contributed by atoms with Gasteiger partial charge in [-0.15, -0.1) is 5.69 Å². The van der Waals surface area contributed by atoms with Gasteiger partial charge in [0.05, 0.1) is 5.69 Å². The minimum Gasteiger partial charge on any atom is -0.654 e. The van der Waals surface area contributed by atoms with Gasteiger partial charge in [-0.25, -0.2) is 4.99 Å². The third-order valence-corrected chi connectivity index (χ3v) is 7.43. The van der Waals surface area contributed by atoms with Crippen molar-refractivity contribution in [2.45, 2.75) is 111 Å². The summed E-state index contributed by atoms with van der Waals surface area (Å²) in [7, 11) is 0. The molecule has 0 radical (unpaired) electrons. The maximum atomic E-state index is 14.4. The zero-order valence-electron chi connectivity index (χ0n) is 28.8. The molecule has 0 saturated heterocycles. The topological polar surface area (TPSA) is 26.5 Å². The minimum atomic E-state index is -5.15. The van der Waals surface area contributed by atoms with Crippen molar-refractivity contribution in [1.82, 2.24) is 0 Å². The summed E-state index contributed by atoms with van der Waals surface area (Å²) in [5.74, 6) is -0.672. The maximum Gasteiger partial charge on any atom is 1.00 e. The van der Waals surface area contributed by atoms with Crippen LogP contribution >= 0.6 is 0 Å². The standard InChI is InChI=1S/C32H41F6N2.C6H6.Cu/c1-17(2)22-14-25(20(7)8)30(26(15-22)21(9)10)40-28(32(36,37)38)16-27(31(33,34)35)39-29-23(18(3)4)12-11-13-24(29)19(5)6;1-2-4-6-5-3-1;/h11-21H,1-10H3;1-6H;/q-1;;+1/b28-16-,39-27?;;. The number of nitrogens with zero attached hydrogens (tertiary/aromatic N) is 2.